The summed E-state index contributed by atoms with van der Waals surface area (Å²) in [5.74, 6) is 0.824. The first-order chi connectivity index (χ1) is 3.72. The molecule has 8 heavy (non-hydrogen) atoms. The van der Waals surface area contributed by atoms with Crippen molar-refractivity contribution in [3.8, 4) is 0 Å². The van der Waals surface area contributed by atoms with Crippen molar-refractivity contribution >= 4 is 5.84 Å². The van der Waals surface area contributed by atoms with Gasteiger partial charge in [-0.25, -0.2) is 0 Å². The number of rotatable bonds is 0. The first-order valence-corrected chi connectivity index (χ1v) is 2.71. The van der Waals surface area contributed by atoms with Gasteiger partial charge in [0.15, 0.2) is 0 Å². The van der Waals surface area contributed by atoms with Gasteiger partial charge in [0, 0.05) is 4.91 Å². The van der Waals surface area contributed by atoms with Crippen molar-refractivity contribution in [1.29, 1.82) is 0 Å². The summed E-state index contributed by atoms with van der Waals surface area (Å²) in [5.41, 5.74) is 0. The lowest BCUT2D eigenvalue weighted by molar-refractivity contribution is -0.495. The average molecular weight is 114 g/mol. The fourth-order valence-corrected chi connectivity index (χ4v) is 0.755. The summed E-state index contributed by atoms with van der Waals surface area (Å²) < 4.78 is 2.97. The fourth-order valence-electron chi connectivity index (χ4n) is 0.755. The third kappa shape index (κ3) is 0.638. The molecule has 0 radical (unpaired) electrons. The number of likely N-dealkylation sites (N-methyl/N-ethyl adjacent to an activating group) is 1. The predicted molar refractivity (Wildman–Crippen MR) is 30.2 cm³/mol. The molecule has 0 unspecified atom stereocenters. The van der Waals surface area contributed by atoms with Crippen molar-refractivity contribution in [2.24, 2.45) is 0 Å². The molecule has 0 N–H and O–H groups in total. The maximum Gasteiger partial charge on any atom is 0.456 e. The van der Waals surface area contributed by atoms with E-state index in [1.54, 1.807) is 0 Å². The molecule has 3 heteroatoms. The number of hydrogen-bond donors (Lipinski definition) is 0. The summed E-state index contributed by atoms with van der Waals surface area (Å²) in [6.07, 6.45) is 0. The van der Waals surface area contributed by atoms with Gasteiger partial charge in [-0.2, -0.15) is 4.58 Å². The van der Waals surface area contributed by atoms with E-state index in [9.17, 15) is 4.91 Å². The van der Waals surface area contributed by atoms with E-state index in [-0.39, 0.29) is 0 Å². The normalized spacial score (nSPS) is 20.5. The second-order valence-electron chi connectivity index (χ2n) is 2.07. The van der Waals surface area contributed by atoms with Crippen molar-refractivity contribution < 1.29 is 9.34 Å². The number of hydrogen-bond acceptors (Lipinski definition) is 1. The van der Waals surface area contributed by atoms with Gasteiger partial charge < -0.3 is 0 Å². The molecule has 1 aliphatic heterocycles. The Morgan fingerprint density at radius 1 is 1.50 bits per heavy atom. The third-order valence-corrected chi connectivity index (χ3v) is 1.55. The molecule has 1 rings (SSSR count). The minimum atomic E-state index is 0.627. The summed E-state index contributed by atoms with van der Waals surface area (Å²) in [5, 5.41) is 0. The molecule has 0 bridgehead atoms. The molecule has 0 aromatic carbocycles. The van der Waals surface area contributed by atoms with Crippen molar-refractivity contribution in [3.63, 3.8) is 0 Å². The van der Waals surface area contributed by atoms with Crippen LogP contribution in [0.3, 0.4) is 0 Å². The van der Waals surface area contributed by atoms with E-state index in [4.69, 9.17) is 0 Å². The van der Waals surface area contributed by atoms with Crippen LogP contribution in [-0.2, 0) is 0 Å². The topological polar surface area (TPSA) is 23.1 Å². The zero-order chi connectivity index (χ0) is 6.15. The van der Waals surface area contributed by atoms with Crippen LogP contribution in [0, 0.1) is 4.91 Å². The standard InChI is InChI=1S/C5H10N2O/c1-5-6(2)3-4-7(5)8/h3-4H2,1-2H3/q+2. The quantitative estimate of drug-likeness (QED) is 0.401. The fraction of sp³-hybridized carbons (Fsp3) is 0.800. The van der Waals surface area contributed by atoms with Gasteiger partial charge in [-0.1, -0.05) is 0 Å². The highest BCUT2D eigenvalue weighted by atomic mass is 16.3. The molecular weight excluding hydrogens is 104 g/mol. The van der Waals surface area contributed by atoms with Crippen LogP contribution in [0.25, 0.3) is 0 Å². The summed E-state index contributed by atoms with van der Waals surface area (Å²) in [4.78, 5) is 10.6. The van der Waals surface area contributed by atoms with Crippen molar-refractivity contribution in [2.75, 3.05) is 20.1 Å². The Morgan fingerprint density at radius 2 is 2.12 bits per heavy atom. The molecule has 44 valence electrons. The van der Waals surface area contributed by atoms with Gasteiger partial charge in [0.1, 0.15) is 7.05 Å². The van der Waals surface area contributed by atoms with Gasteiger partial charge in [-0.05, 0) is 0 Å². The molecule has 0 fully saturated rings. The van der Waals surface area contributed by atoms with Crippen molar-refractivity contribution in [1.82, 2.24) is 0 Å². The molecule has 3 nitrogen and oxygen atoms in total. The highest BCUT2D eigenvalue weighted by molar-refractivity contribution is 5.65. The summed E-state index contributed by atoms with van der Waals surface area (Å²) >= 11 is 0. The number of nitroso groups, excluding NO2 is 1. The molecule has 0 spiro atoms. The Bertz CT molecular complexity index is 160. The van der Waals surface area contributed by atoms with Crippen molar-refractivity contribution in [2.45, 2.75) is 6.92 Å². The second kappa shape index (κ2) is 1.65. The van der Waals surface area contributed by atoms with Crippen molar-refractivity contribution in [3.05, 3.63) is 4.91 Å². The zero-order valence-electron chi connectivity index (χ0n) is 5.22. The Balaban J connectivity index is 2.86. The van der Waals surface area contributed by atoms with Gasteiger partial charge in [-0.15, -0.1) is 0 Å². The summed E-state index contributed by atoms with van der Waals surface area (Å²) in [6, 6.07) is 0. The molecular formula is C5H10N2O+2. The van der Waals surface area contributed by atoms with E-state index in [0.29, 0.717) is 6.54 Å². The Kier molecular flexibility index (Phi) is 1.12. The van der Waals surface area contributed by atoms with Gasteiger partial charge in [0.2, 0.25) is 6.54 Å². The number of amidine groups is 1. The molecule has 0 saturated heterocycles. The van der Waals surface area contributed by atoms with E-state index >= 15 is 0 Å². The van der Waals surface area contributed by atoms with Gasteiger partial charge >= 0.3 is 5.84 Å². The Morgan fingerprint density at radius 3 is 2.25 bits per heavy atom. The minimum absolute atomic E-state index is 0.627. The number of nitrogens with zero attached hydrogens (tertiary/aromatic N) is 2. The largest absolute Gasteiger partial charge is 0.456 e. The lowest BCUT2D eigenvalue weighted by Crippen LogP contribution is -2.11. The van der Waals surface area contributed by atoms with E-state index < -0.39 is 0 Å². The predicted octanol–water partition coefficient (Wildman–Crippen LogP) is -0.160. The first kappa shape index (κ1) is 5.41. The molecule has 0 aliphatic carbocycles. The smallest absolute Gasteiger partial charge is 0.171 e. The van der Waals surface area contributed by atoms with Gasteiger partial charge in [0.05, 0.1) is 11.7 Å². The van der Waals surface area contributed by atoms with Gasteiger partial charge in [0.25, 0.3) is 6.54 Å². The van der Waals surface area contributed by atoms with Gasteiger partial charge in [-0.3, -0.25) is 0 Å². The molecule has 1 aliphatic rings. The van der Waals surface area contributed by atoms with E-state index in [0.717, 1.165) is 17.1 Å². The van der Waals surface area contributed by atoms with Crippen LogP contribution in [0.1, 0.15) is 6.92 Å². The second-order valence-corrected chi connectivity index (χ2v) is 2.07. The maximum absolute atomic E-state index is 10.6. The van der Waals surface area contributed by atoms with Crippen LogP contribution in [0.4, 0.5) is 0 Å². The lowest BCUT2D eigenvalue weighted by Gasteiger charge is -1.73. The molecule has 0 aromatic rings. The SMILES string of the molecule is CC1=[N+](C)CC[N+]1=O. The monoisotopic (exact) mass is 114 g/mol. The first-order valence-electron chi connectivity index (χ1n) is 2.71. The minimum Gasteiger partial charge on any atom is -0.171 e. The summed E-state index contributed by atoms with van der Waals surface area (Å²) in [7, 11) is 1.92. The highest BCUT2D eigenvalue weighted by Gasteiger charge is 2.31. The van der Waals surface area contributed by atoms with E-state index in [2.05, 4.69) is 0 Å². The lowest BCUT2D eigenvalue weighted by atomic mass is 10.7. The maximum atomic E-state index is 10.6. The van der Waals surface area contributed by atoms with Crippen LogP contribution < -0.4 is 0 Å². The van der Waals surface area contributed by atoms with Crippen LogP contribution in [0.5, 0.6) is 0 Å². The Labute approximate surface area is 48.2 Å². The average Bonchev–Trinajstić information content (AvgIpc) is 1.98. The summed E-state index contributed by atoms with van der Waals surface area (Å²) in [6.45, 7) is 3.33. The highest BCUT2D eigenvalue weighted by Crippen LogP contribution is 1.88. The molecule has 0 amide bonds. The molecule has 0 saturated carbocycles. The van der Waals surface area contributed by atoms with Crippen LogP contribution in [0.15, 0.2) is 0 Å². The van der Waals surface area contributed by atoms with Crippen LogP contribution in [-0.4, -0.2) is 35.3 Å². The Hall–Kier alpha value is -0.730. The third-order valence-electron chi connectivity index (χ3n) is 1.55. The molecule has 0 aromatic heterocycles. The van der Waals surface area contributed by atoms with E-state index in [1.165, 1.54) is 0 Å². The van der Waals surface area contributed by atoms with Crippen LogP contribution >= 0.6 is 0 Å². The zero-order valence-corrected chi connectivity index (χ0v) is 5.22. The molecule has 1 heterocycles. The van der Waals surface area contributed by atoms with E-state index in [1.807, 2.05) is 18.5 Å². The van der Waals surface area contributed by atoms with Crippen LogP contribution in [0.2, 0.25) is 0 Å². The molecule has 0 atom stereocenters.